The van der Waals surface area contributed by atoms with Crippen molar-refractivity contribution in [1.29, 1.82) is 0 Å². The zero-order chi connectivity index (χ0) is 17.5. The van der Waals surface area contributed by atoms with Crippen LogP contribution in [-0.4, -0.2) is 6.16 Å². The third-order valence-electron chi connectivity index (χ3n) is 4.83. The predicted octanol–water partition coefficient (Wildman–Crippen LogP) is 5.58. The zero-order valence-corrected chi connectivity index (χ0v) is 15.6. The lowest BCUT2D eigenvalue weighted by Crippen LogP contribution is -2.18. The maximum Gasteiger partial charge on any atom is 0.143 e. The molecule has 25 heavy (non-hydrogen) atoms. The van der Waals surface area contributed by atoms with Crippen LogP contribution >= 0.6 is 7.14 Å². The number of hydrogen-bond acceptors (Lipinski definition) is 1. The Morgan fingerprint density at radius 3 is 1.64 bits per heavy atom. The fourth-order valence-corrected chi connectivity index (χ4v) is 6.06. The highest BCUT2D eigenvalue weighted by Gasteiger charge is 2.26. The normalized spacial score (nSPS) is 12.7. The molecule has 0 radical (unpaired) electrons. The van der Waals surface area contributed by atoms with Gasteiger partial charge in [0.15, 0.2) is 0 Å². The van der Waals surface area contributed by atoms with Crippen LogP contribution in [0, 0.1) is 0 Å². The summed E-state index contributed by atoms with van der Waals surface area (Å²) in [5.74, 6) is 0.487. The molecule has 0 saturated heterocycles. The molecule has 3 aromatic carbocycles. The van der Waals surface area contributed by atoms with Crippen LogP contribution in [0.2, 0.25) is 0 Å². The summed E-state index contributed by atoms with van der Waals surface area (Å²) < 4.78 is 13.9. The topological polar surface area (TPSA) is 17.1 Å². The Morgan fingerprint density at radius 2 is 1.16 bits per heavy atom. The molecular formula is C23H25OP. The fourth-order valence-electron chi connectivity index (χ4n) is 3.31. The van der Waals surface area contributed by atoms with Gasteiger partial charge in [0.2, 0.25) is 0 Å². The average molecular weight is 348 g/mol. The van der Waals surface area contributed by atoms with E-state index >= 15 is 0 Å². The molecule has 0 aliphatic heterocycles. The zero-order valence-electron chi connectivity index (χ0n) is 14.7. The maximum atomic E-state index is 13.9. The third kappa shape index (κ3) is 4.30. The third-order valence-corrected chi connectivity index (χ3v) is 8.04. The van der Waals surface area contributed by atoms with Crippen LogP contribution in [0.3, 0.4) is 0 Å². The molecule has 128 valence electrons. The van der Waals surface area contributed by atoms with E-state index in [1.165, 1.54) is 5.56 Å². The summed E-state index contributed by atoms with van der Waals surface area (Å²) in [7, 11) is -2.57. The largest absolute Gasteiger partial charge is 0.314 e. The monoisotopic (exact) mass is 348 g/mol. The summed E-state index contributed by atoms with van der Waals surface area (Å²) in [6, 6.07) is 30.5. The smallest absolute Gasteiger partial charge is 0.143 e. The van der Waals surface area contributed by atoms with Gasteiger partial charge < -0.3 is 4.57 Å². The van der Waals surface area contributed by atoms with Gasteiger partial charge >= 0.3 is 0 Å². The fraction of sp³-hybridized carbons (Fsp3) is 0.217. The van der Waals surface area contributed by atoms with Crippen LogP contribution in [0.1, 0.15) is 31.2 Å². The van der Waals surface area contributed by atoms with Gasteiger partial charge in [-0.1, -0.05) is 97.9 Å². The minimum atomic E-state index is -2.57. The van der Waals surface area contributed by atoms with E-state index in [0.29, 0.717) is 5.92 Å². The standard InChI is InChI=1S/C23H25OP/c1-20(21-13-5-2-6-14-21)12-11-19-25(24,22-15-7-3-8-16-22)23-17-9-4-10-18-23/h2-10,13-18,20H,11-12,19H2,1H3. The SMILES string of the molecule is CC(CCCP(=O)(c1ccccc1)c1ccccc1)c1ccccc1. The van der Waals surface area contributed by atoms with E-state index in [0.717, 1.165) is 29.6 Å². The molecule has 0 saturated carbocycles. The van der Waals surface area contributed by atoms with E-state index in [2.05, 4.69) is 37.3 Å². The first-order valence-electron chi connectivity index (χ1n) is 8.95. The van der Waals surface area contributed by atoms with Crippen molar-refractivity contribution in [2.24, 2.45) is 0 Å². The van der Waals surface area contributed by atoms with Crippen molar-refractivity contribution in [2.45, 2.75) is 25.7 Å². The van der Waals surface area contributed by atoms with Crippen molar-refractivity contribution in [3.63, 3.8) is 0 Å². The molecule has 0 N–H and O–H groups in total. The molecule has 1 nitrogen and oxygen atoms in total. The number of benzene rings is 3. The molecule has 0 heterocycles. The van der Waals surface area contributed by atoms with Crippen LogP contribution in [0.25, 0.3) is 0 Å². The van der Waals surface area contributed by atoms with E-state index in [-0.39, 0.29) is 0 Å². The Hall–Kier alpha value is -2.11. The molecule has 0 bridgehead atoms. The van der Waals surface area contributed by atoms with Gasteiger partial charge in [-0.2, -0.15) is 0 Å². The quantitative estimate of drug-likeness (QED) is 0.509. The van der Waals surface area contributed by atoms with Crippen molar-refractivity contribution in [2.75, 3.05) is 6.16 Å². The first kappa shape index (κ1) is 17.7. The van der Waals surface area contributed by atoms with Gasteiger partial charge in [0.1, 0.15) is 7.14 Å². The van der Waals surface area contributed by atoms with Crippen LogP contribution in [-0.2, 0) is 4.57 Å². The lowest BCUT2D eigenvalue weighted by atomic mass is 9.97. The summed E-state index contributed by atoms with van der Waals surface area (Å²) in [6.07, 6.45) is 2.73. The molecule has 2 heteroatoms. The summed E-state index contributed by atoms with van der Waals surface area (Å²) in [5, 5.41) is 1.93. The summed E-state index contributed by atoms with van der Waals surface area (Å²) in [5.41, 5.74) is 1.36. The first-order valence-corrected chi connectivity index (χ1v) is 10.8. The van der Waals surface area contributed by atoms with Gasteiger partial charge in [0, 0.05) is 16.8 Å². The lowest BCUT2D eigenvalue weighted by Gasteiger charge is -2.20. The Bertz CT molecular complexity index is 769. The number of rotatable bonds is 7. The molecule has 0 aliphatic carbocycles. The lowest BCUT2D eigenvalue weighted by molar-refractivity contribution is 0.581. The van der Waals surface area contributed by atoms with Crippen LogP contribution < -0.4 is 10.6 Å². The van der Waals surface area contributed by atoms with Gasteiger partial charge in [-0.3, -0.25) is 0 Å². The highest BCUT2D eigenvalue weighted by Crippen LogP contribution is 2.44. The predicted molar refractivity (Wildman–Crippen MR) is 109 cm³/mol. The van der Waals surface area contributed by atoms with Gasteiger partial charge in [-0.15, -0.1) is 0 Å². The van der Waals surface area contributed by atoms with Gasteiger partial charge in [0.05, 0.1) is 0 Å². The van der Waals surface area contributed by atoms with Crippen molar-refractivity contribution < 1.29 is 4.57 Å². The minimum absolute atomic E-state index is 0.487. The highest BCUT2D eigenvalue weighted by atomic mass is 31.2. The molecule has 0 aromatic heterocycles. The Labute approximate surface area is 151 Å². The van der Waals surface area contributed by atoms with Crippen LogP contribution in [0.5, 0.6) is 0 Å². The van der Waals surface area contributed by atoms with Gasteiger partial charge in [-0.25, -0.2) is 0 Å². The average Bonchev–Trinajstić information content (AvgIpc) is 2.70. The molecule has 1 atom stereocenters. The molecule has 0 fully saturated rings. The molecule has 0 amide bonds. The van der Waals surface area contributed by atoms with Crippen molar-refractivity contribution in [1.82, 2.24) is 0 Å². The van der Waals surface area contributed by atoms with E-state index in [1.807, 2.05) is 60.7 Å². The van der Waals surface area contributed by atoms with E-state index in [4.69, 9.17) is 0 Å². The van der Waals surface area contributed by atoms with E-state index in [9.17, 15) is 4.57 Å². The van der Waals surface area contributed by atoms with Crippen LogP contribution in [0.15, 0.2) is 91.0 Å². The second-order valence-electron chi connectivity index (χ2n) is 6.59. The summed E-state index contributed by atoms with van der Waals surface area (Å²) >= 11 is 0. The molecule has 3 rings (SSSR count). The van der Waals surface area contributed by atoms with Crippen molar-refractivity contribution >= 4 is 17.8 Å². The minimum Gasteiger partial charge on any atom is -0.314 e. The van der Waals surface area contributed by atoms with Gasteiger partial charge in [0.25, 0.3) is 0 Å². The van der Waals surface area contributed by atoms with Crippen molar-refractivity contribution in [3.05, 3.63) is 96.6 Å². The van der Waals surface area contributed by atoms with Crippen LogP contribution in [0.4, 0.5) is 0 Å². The Morgan fingerprint density at radius 1 is 0.720 bits per heavy atom. The second-order valence-corrected chi connectivity index (χ2v) is 9.55. The maximum absolute atomic E-state index is 13.9. The Kier molecular flexibility index (Phi) is 5.89. The second kappa shape index (κ2) is 8.32. The molecule has 1 unspecified atom stereocenters. The Balaban J connectivity index is 1.77. The molecule has 3 aromatic rings. The van der Waals surface area contributed by atoms with Crippen molar-refractivity contribution in [3.8, 4) is 0 Å². The van der Waals surface area contributed by atoms with Gasteiger partial charge in [-0.05, 0) is 24.3 Å². The molecule has 0 spiro atoms. The van der Waals surface area contributed by atoms with E-state index in [1.54, 1.807) is 0 Å². The molecular weight excluding hydrogens is 323 g/mol. The first-order chi connectivity index (χ1) is 12.2. The molecule has 0 aliphatic rings. The van der Waals surface area contributed by atoms with E-state index < -0.39 is 7.14 Å². The summed E-state index contributed by atoms with van der Waals surface area (Å²) in [6.45, 7) is 2.26. The summed E-state index contributed by atoms with van der Waals surface area (Å²) in [4.78, 5) is 0. The number of hydrogen-bond donors (Lipinski definition) is 0. The highest BCUT2D eigenvalue weighted by molar-refractivity contribution is 7.78.